The summed E-state index contributed by atoms with van der Waals surface area (Å²) in [7, 11) is 0. The molecule has 0 aliphatic carbocycles. The Morgan fingerprint density at radius 2 is 1.33 bits per heavy atom. The van der Waals surface area contributed by atoms with Crippen molar-refractivity contribution in [3.63, 3.8) is 0 Å². The third kappa shape index (κ3) is 9.96. The summed E-state index contributed by atoms with van der Waals surface area (Å²) in [5.41, 5.74) is 1.49. The zero-order chi connectivity index (χ0) is 21.3. The number of hydrogen-bond donors (Lipinski definition) is 1. The molecule has 0 bridgehead atoms. The van der Waals surface area contributed by atoms with E-state index in [1.165, 1.54) is 102 Å². The van der Waals surface area contributed by atoms with Crippen LogP contribution in [0, 0.1) is 5.92 Å². The Morgan fingerprint density at radius 3 is 1.97 bits per heavy atom. The van der Waals surface area contributed by atoms with Crippen LogP contribution in [0.4, 0.5) is 0 Å². The highest BCUT2D eigenvalue weighted by Crippen LogP contribution is 2.28. The highest BCUT2D eigenvalue weighted by Gasteiger charge is 2.26. The summed E-state index contributed by atoms with van der Waals surface area (Å²) in [5.74, 6) is 0.716. The maximum absolute atomic E-state index is 3.29. The molecule has 2 nitrogen and oxygen atoms in total. The Labute approximate surface area is 186 Å². The fourth-order valence-corrected chi connectivity index (χ4v) is 4.80. The molecule has 0 amide bonds. The number of imidazole rings is 1. The van der Waals surface area contributed by atoms with Crippen LogP contribution in [0.2, 0.25) is 0 Å². The molecular weight excluding hydrogens is 364 g/mol. The molecule has 0 fully saturated rings. The second-order valence-electron chi connectivity index (χ2n) is 9.19. The Bertz CT molecular complexity index is 605. The molecule has 0 radical (unpaired) electrons. The summed E-state index contributed by atoms with van der Waals surface area (Å²) in [6, 6.07) is 11.7. The average Bonchev–Trinajstić information content (AvgIpc) is 3.30. The van der Waals surface area contributed by atoms with E-state index in [-0.39, 0.29) is 0 Å². The lowest BCUT2D eigenvalue weighted by molar-refractivity contribution is -0.730. The molecule has 0 saturated heterocycles. The molecule has 0 aliphatic rings. The van der Waals surface area contributed by atoms with Crippen molar-refractivity contribution in [2.75, 3.05) is 0 Å². The highest BCUT2D eigenvalue weighted by atomic mass is 15.1. The fraction of sp³-hybridized carbons (Fsp3) is 0.679. The minimum atomic E-state index is 0.609. The van der Waals surface area contributed by atoms with Crippen molar-refractivity contribution in [1.29, 1.82) is 0 Å². The molecule has 2 rings (SSSR count). The number of benzene rings is 1. The molecule has 168 valence electrons. The van der Waals surface area contributed by atoms with Gasteiger partial charge in [0.15, 0.2) is 0 Å². The van der Waals surface area contributed by atoms with Crippen LogP contribution in [0.25, 0.3) is 0 Å². The van der Waals surface area contributed by atoms with E-state index < -0.39 is 0 Å². The Morgan fingerprint density at radius 1 is 0.733 bits per heavy atom. The van der Waals surface area contributed by atoms with Crippen molar-refractivity contribution in [1.82, 2.24) is 4.98 Å². The fourth-order valence-electron chi connectivity index (χ4n) is 4.80. The smallest absolute Gasteiger partial charge is 0.241 e. The number of unbranched alkanes of at least 4 members (excludes halogenated alkanes) is 10. The normalized spacial score (nSPS) is 13.4. The average molecular weight is 412 g/mol. The topological polar surface area (TPSA) is 19.7 Å². The quantitative estimate of drug-likeness (QED) is 0.188. The Hall–Kier alpha value is -1.57. The van der Waals surface area contributed by atoms with Crippen LogP contribution in [0.5, 0.6) is 0 Å². The molecule has 2 aromatic rings. The van der Waals surface area contributed by atoms with Crippen LogP contribution >= 0.6 is 0 Å². The molecule has 0 spiro atoms. The van der Waals surface area contributed by atoms with Gasteiger partial charge in [-0.25, -0.2) is 4.57 Å². The van der Waals surface area contributed by atoms with E-state index in [2.05, 4.69) is 72.5 Å². The third-order valence-corrected chi connectivity index (χ3v) is 6.62. The SMILES string of the molecule is CCCCCCCCCCCC(C(CCCCC)Cc1ccccc1)[n+]1cc[nH]c1. The number of rotatable bonds is 18. The van der Waals surface area contributed by atoms with Gasteiger partial charge in [-0.15, -0.1) is 0 Å². The van der Waals surface area contributed by atoms with Crippen LogP contribution < -0.4 is 4.57 Å². The zero-order valence-electron chi connectivity index (χ0n) is 19.8. The first kappa shape index (κ1) is 24.7. The van der Waals surface area contributed by atoms with E-state index >= 15 is 0 Å². The molecule has 1 aromatic heterocycles. The van der Waals surface area contributed by atoms with E-state index in [0.717, 1.165) is 0 Å². The number of nitrogens with one attached hydrogen (secondary N) is 1. The van der Waals surface area contributed by atoms with E-state index in [1.807, 2.05) is 0 Å². The number of hydrogen-bond acceptors (Lipinski definition) is 0. The number of H-pyrrole nitrogens is 1. The summed E-state index contributed by atoms with van der Waals surface area (Å²) >= 11 is 0. The van der Waals surface area contributed by atoms with Crippen LogP contribution in [0.3, 0.4) is 0 Å². The molecular formula is C28H47N2+. The van der Waals surface area contributed by atoms with Crippen molar-refractivity contribution in [3.05, 3.63) is 54.6 Å². The van der Waals surface area contributed by atoms with Crippen molar-refractivity contribution < 1.29 is 4.57 Å². The highest BCUT2D eigenvalue weighted by molar-refractivity contribution is 5.15. The summed E-state index contributed by atoms with van der Waals surface area (Å²) < 4.78 is 2.46. The van der Waals surface area contributed by atoms with Gasteiger partial charge in [-0.2, -0.15) is 0 Å². The third-order valence-electron chi connectivity index (χ3n) is 6.62. The Balaban J connectivity index is 1.88. The summed E-state index contributed by atoms with van der Waals surface area (Å²) in [5, 5.41) is 0. The molecule has 1 heterocycles. The lowest BCUT2D eigenvalue weighted by Crippen LogP contribution is -2.42. The lowest BCUT2D eigenvalue weighted by Gasteiger charge is -2.25. The molecule has 1 N–H and O–H groups in total. The van der Waals surface area contributed by atoms with Crippen molar-refractivity contribution in [2.24, 2.45) is 5.92 Å². The first-order valence-corrected chi connectivity index (χ1v) is 12.9. The number of aromatic amines is 1. The predicted molar refractivity (Wildman–Crippen MR) is 130 cm³/mol. The van der Waals surface area contributed by atoms with Gasteiger partial charge in [0.05, 0.1) is 0 Å². The second-order valence-corrected chi connectivity index (χ2v) is 9.19. The van der Waals surface area contributed by atoms with Crippen molar-refractivity contribution in [2.45, 2.75) is 116 Å². The second kappa shape index (κ2) is 16.2. The van der Waals surface area contributed by atoms with E-state index in [4.69, 9.17) is 0 Å². The number of aromatic nitrogens is 2. The van der Waals surface area contributed by atoms with Gasteiger partial charge < -0.3 is 0 Å². The van der Waals surface area contributed by atoms with Gasteiger partial charge in [0.1, 0.15) is 18.4 Å². The van der Waals surface area contributed by atoms with Gasteiger partial charge in [-0.1, -0.05) is 115 Å². The van der Waals surface area contributed by atoms with Gasteiger partial charge in [0.2, 0.25) is 6.33 Å². The molecule has 2 heteroatoms. The van der Waals surface area contributed by atoms with E-state index in [9.17, 15) is 0 Å². The molecule has 0 aliphatic heterocycles. The number of nitrogens with zero attached hydrogens (tertiary/aromatic N) is 1. The van der Waals surface area contributed by atoms with Crippen LogP contribution in [0.15, 0.2) is 49.1 Å². The predicted octanol–water partition coefficient (Wildman–Crippen LogP) is 8.20. The van der Waals surface area contributed by atoms with Crippen molar-refractivity contribution in [3.8, 4) is 0 Å². The molecule has 2 unspecified atom stereocenters. The van der Waals surface area contributed by atoms with Crippen LogP contribution in [0.1, 0.15) is 115 Å². The molecule has 2 atom stereocenters. The lowest BCUT2D eigenvalue weighted by atomic mass is 9.84. The monoisotopic (exact) mass is 411 g/mol. The first-order chi connectivity index (χ1) is 14.8. The maximum atomic E-state index is 3.29. The van der Waals surface area contributed by atoms with E-state index in [1.54, 1.807) is 0 Å². The molecule has 1 aromatic carbocycles. The summed E-state index contributed by atoms with van der Waals surface area (Å²) in [6.07, 6.45) is 27.0. The minimum absolute atomic E-state index is 0.609. The van der Waals surface area contributed by atoms with Gasteiger partial charge in [-0.3, -0.25) is 4.98 Å². The van der Waals surface area contributed by atoms with E-state index in [0.29, 0.717) is 12.0 Å². The molecule has 0 saturated carbocycles. The van der Waals surface area contributed by atoms with Gasteiger partial charge in [-0.05, 0) is 31.2 Å². The molecule has 30 heavy (non-hydrogen) atoms. The standard InChI is InChI=1S/C28H46N2/c1-3-5-7-8-9-10-11-12-17-21-28(30-23-22-29-25-30)27(20-14-6-4-2)24-26-18-15-13-16-19-26/h13,15-16,18-19,22-23,25,27-28H,3-12,14,17,20-21,24H2,1-2H3/p+1. The van der Waals surface area contributed by atoms with Gasteiger partial charge in [0, 0.05) is 5.92 Å². The van der Waals surface area contributed by atoms with Gasteiger partial charge in [0.25, 0.3) is 0 Å². The van der Waals surface area contributed by atoms with Crippen LogP contribution in [-0.2, 0) is 6.42 Å². The largest absolute Gasteiger partial charge is 0.250 e. The van der Waals surface area contributed by atoms with Gasteiger partial charge >= 0.3 is 0 Å². The van der Waals surface area contributed by atoms with Crippen molar-refractivity contribution >= 4 is 0 Å². The zero-order valence-corrected chi connectivity index (χ0v) is 19.8. The first-order valence-electron chi connectivity index (χ1n) is 12.9. The van der Waals surface area contributed by atoms with Crippen LogP contribution in [-0.4, -0.2) is 4.98 Å². The Kier molecular flexibility index (Phi) is 13.3. The summed E-state index contributed by atoms with van der Waals surface area (Å²) in [4.78, 5) is 3.29. The summed E-state index contributed by atoms with van der Waals surface area (Å²) in [6.45, 7) is 4.61. The minimum Gasteiger partial charge on any atom is -0.250 e. The maximum Gasteiger partial charge on any atom is 0.241 e.